The summed E-state index contributed by atoms with van der Waals surface area (Å²) in [5.74, 6) is 0.0416. The van der Waals surface area contributed by atoms with Crippen LogP contribution in [0.4, 0.5) is 0 Å². The Morgan fingerprint density at radius 1 is 1.17 bits per heavy atom. The molecule has 2 rings (SSSR count). The van der Waals surface area contributed by atoms with Gasteiger partial charge in [0.05, 0.1) is 10.5 Å². The Morgan fingerprint density at radius 3 is 2.30 bits per heavy atom. The van der Waals surface area contributed by atoms with Crippen molar-refractivity contribution in [2.75, 3.05) is 0 Å². The van der Waals surface area contributed by atoms with Crippen LogP contribution in [0, 0.1) is 5.92 Å². The van der Waals surface area contributed by atoms with Crippen LogP contribution in [0.1, 0.15) is 60.3 Å². The molecule has 1 aliphatic carbocycles. The van der Waals surface area contributed by atoms with Crippen molar-refractivity contribution in [3.8, 4) is 0 Å². The summed E-state index contributed by atoms with van der Waals surface area (Å²) in [6.07, 6.45) is 3.31. The first kappa shape index (κ1) is 20.0. The maximum atomic E-state index is 11.6. The summed E-state index contributed by atoms with van der Waals surface area (Å²) in [6.45, 7) is 9.83. The first-order valence-corrected chi connectivity index (χ1v) is 10.4. The molecule has 6 atom stereocenters. The molecule has 0 radical (unpaired) electrons. The van der Waals surface area contributed by atoms with Gasteiger partial charge in [0.15, 0.2) is 0 Å². The molecule has 1 saturated carbocycles. The quantitative estimate of drug-likeness (QED) is 0.408. The van der Waals surface area contributed by atoms with E-state index in [1.54, 1.807) is 0 Å². The van der Waals surface area contributed by atoms with Crippen LogP contribution in [-0.4, -0.2) is 37.8 Å². The SMILES string of the molecule is CC(=O)O[C@H]1C[C@H](Br)C(C)(C)O[C@@]1(C)C1CC[C@@](C)(Cl)[C@H](Br)C1. The molecule has 0 aromatic rings. The minimum Gasteiger partial charge on any atom is -0.459 e. The van der Waals surface area contributed by atoms with Crippen molar-refractivity contribution in [3.63, 3.8) is 0 Å². The predicted molar refractivity (Wildman–Crippen MR) is 101 cm³/mol. The Balaban J connectivity index is 2.28. The van der Waals surface area contributed by atoms with Gasteiger partial charge in [0.1, 0.15) is 11.7 Å². The average molecular weight is 475 g/mol. The zero-order chi connectivity index (χ0) is 17.6. The molecule has 0 spiro atoms. The average Bonchev–Trinajstić information content (AvgIpc) is 2.38. The van der Waals surface area contributed by atoms with E-state index >= 15 is 0 Å². The smallest absolute Gasteiger partial charge is 0.303 e. The second-order valence-corrected chi connectivity index (χ2v) is 11.0. The highest BCUT2D eigenvalue weighted by atomic mass is 79.9. The number of esters is 1. The molecule has 1 unspecified atom stereocenters. The van der Waals surface area contributed by atoms with Crippen molar-refractivity contribution < 1.29 is 14.3 Å². The van der Waals surface area contributed by atoms with Gasteiger partial charge >= 0.3 is 5.97 Å². The van der Waals surface area contributed by atoms with Crippen LogP contribution in [0.2, 0.25) is 0 Å². The highest BCUT2D eigenvalue weighted by Crippen LogP contribution is 2.51. The molecule has 0 aromatic carbocycles. The summed E-state index contributed by atoms with van der Waals surface area (Å²) < 4.78 is 12.2. The molecule has 1 aliphatic heterocycles. The second-order valence-electron chi connectivity index (χ2n) is 7.91. The molecule has 134 valence electrons. The highest BCUT2D eigenvalue weighted by Gasteiger charge is 2.56. The molecule has 0 N–H and O–H groups in total. The lowest BCUT2D eigenvalue weighted by molar-refractivity contribution is -0.246. The first-order chi connectivity index (χ1) is 10.4. The summed E-state index contributed by atoms with van der Waals surface area (Å²) in [6, 6.07) is 0. The number of halogens is 3. The van der Waals surface area contributed by atoms with Gasteiger partial charge in [0.25, 0.3) is 0 Å². The lowest BCUT2D eigenvalue weighted by Crippen LogP contribution is -2.63. The van der Waals surface area contributed by atoms with E-state index in [-0.39, 0.29) is 32.2 Å². The third kappa shape index (κ3) is 4.09. The Morgan fingerprint density at radius 2 is 1.78 bits per heavy atom. The van der Waals surface area contributed by atoms with Crippen molar-refractivity contribution >= 4 is 49.4 Å². The zero-order valence-corrected chi connectivity index (χ0v) is 18.4. The van der Waals surface area contributed by atoms with E-state index in [9.17, 15) is 4.79 Å². The molecule has 23 heavy (non-hydrogen) atoms. The van der Waals surface area contributed by atoms with Gasteiger partial charge < -0.3 is 9.47 Å². The van der Waals surface area contributed by atoms with Crippen molar-refractivity contribution in [2.45, 2.75) is 92.1 Å². The molecule has 1 heterocycles. The van der Waals surface area contributed by atoms with Gasteiger partial charge in [-0.1, -0.05) is 31.9 Å². The molecule has 2 fully saturated rings. The zero-order valence-electron chi connectivity index (χ0n) is 14.5. The molecular weight excluding hydrogens is 447 g/mol. The minimum absolute atomic E-state index is 0.147. The number of alkyl halides is 3. The summed E-state index contributed by atoms with van der Waals surface area (Å²) in [7, 11) is 0. The number of carbonyl (C=O) groups is 1. The lowest BCUT2D eigenvalue weighted by atomic mass is 9.69. The van der Waals surface area contributed by atoms with Gasteiger partial charge in [0, 0.05) is 23.0 Å². The van der Waals surface area contributed by atoms with Gasteiger partial charge in [-0.25, -0.2) is 0 Å². The van der Waals surface area contributed by atoms with Crippen molar-refractivity contribution in [3.05, 3.63) is 0 Å². The van der Waals surface area contributed by atoms with E-state index < -0.39 is 5.60 Å². The Bertz CT molecular complexity index is 469. The minimum atomic E-state index is -0.501. The normalized spacial score (nSPS) is 47.1. The summed E-state index contributed by atoms with van der Waals surface area (Å²) in [4.78, 5) is 11.7. The van der Waals surface area contributed by atoms with Crippen LogP contribution >= 0.6 is 43.5 Å². The van der Waals surface area contributed by atoms with Crippen molar-refractivity contribution in [1.82, 2.24) is 0 Å². The molecule has 0 bridgehead atoms. The summed E-state index contributed by atoms with van der Waals surface area (Å²) >= 11 is 14.0. The Kier molecular flexibility index (Phi) is 5.89. The van der Waals surface area contributed by atoms with E-state index in [0.717, 1.165) is 25.7 Å². The highest BCUT2D eigenvalue weighted by molar-refractivity contribution is 9.09. The number of hydrogen-bond acceptors (Lipinski definition) is 3. The molecule has 3 nitrogen and oxygen atoms in total. The van der Waals surface area contributed by atoms with Crippen LogP contribution in [0.15, 0.2) is 0 Å². The van der Waals surface area contributed by atoms with Crippen molar-refractivity contribution in [2.24, 2.45) is 5.92 Å². The maximum Gasteiger partial charge on any atom is 0.303 e. The summed E-state index contributed by atoms with van der Waals surface area (Å²) in [5.41, 5.74) is -0.812. The molecule has 0 aromatic heterocycles. The monoisotopic (exact) mass is 472 g/mol. The molecule has 6 heteroatoms. The van der Waals surface area contributed by atoms with Gasteiger partial charge in [-0.3, -0.25) is 4.79 Å². The van der Waals surface area contributed by atoms with E-state index in [4.69, 9.17) is 21.1 Å². The van der Waals surface area contributed by atoms with Gasteiger partial charge in [-0.05, 0) is 52.9 Å². The number of carbonyl (C=O) groups excluding carboxylic acids is 1. The number of ether oxygens (including phenoxy) is 2. The molecule has 2 aliphatic rings. The van der Waals surface area contributed by atoms with Crippen LogP contribution < -0.4 is 0 Å². The fourth-order valence-electron chi connectivity index (χ4n) is 3.86. The fraction of sp³-hybridized carbons (Fsp3) is 0.941. The summed E-state index contributed by atoms with van der Waals surface area (Å²) in [5, 5.41) is 0. The standard InChI is InChI=1S/C17H27Br2ClO3/c1-10(21)22-14-9-12(18)15(2,3)23-17(14,5)11-6-7-16(4,20)13(19)8-11/h11-14H,6-9H2,1-5H3/t11?,12-,13+,14-,16+,17-/m0/s1. The largest absolute Gasteiger partial charge is 0.459 e. The Labute approximate surface area is 161 Å². The van der Waals surface area contributed by atoms with Gasteiger partial charge in [-0.15, -0.1) is 11.6 Å². The molecule has 1 saturated heterocycles. The fourth-order valence-corrected chi connectivity index (χ4v) is 5.17. The third-order valence-corrected chi connectivity index (χ3v) is 9.12. The van der Waals surface area contributed by atoms with E-state index in [1.165, 1.54) is 6.92 Å². The Hall–Kier alpha value is 0.680. The first-order valence-electron chi connectivity index (χ1n) is 8.23. The van der Waals surface area contributed by atoms with Crippen LogP contribution in [-0.2, 0) is 14.3 Å². The molecule has 0 amide bonds. The second kappa shape index (κ2) is 6.77. The van der Waals surface area contributed by atoms with Gasteiger partial charge in [-0.2, -0.15) is 0 Å². The number of rotatable bonds is 2. The lowest BCUT2D eigenvalue weighted by Gasteiger charge is -2.55. The van der Waals surface area contributed by atoms with E-state index in [0.29, 0.717) is 5.92 Å². The number of hydrogen-bond donors (Lipinski definition) is 0. The van der Waals surface area contributed by atoms with Crippen LogP contribution in [0.3, 0.4) is 0 Å². The predicted octanol–water partition coefficient (Wildman–Crippen LogP) is 5.20. The van der Waals surface area contributed by atoms with E-state index in [2.05, 4.69) is 59.6 Å². The molecular formula is C17H27Br2ClO3. The maximum absolute atomic E-state index is 11.6. The van der Waals surface area contributed by atoms with Crippen molar-refractivity contribution in [1.29, 1.82) is 0 Å². The topological polar surface area (TPSA) is 35.5 Å². The third-order valence-electron chi connectivity index (χ3n) is 5.54. The van der Waals surface area contributed by atoms with Crippen LogP contribution in [0.25, 0.3) is 0 Å². The van der Waals surface area contributed by atoms with Crippen LogP contribution in [0.5, 0.6) is 0 Å². The van der Waals surface area contributed by atoms with E-state index in [1.807, 2.05) is 0 Å². The van der Waals surface area contributed by atoms with Gasteiger partial charge in [0.2, 0.25) is 0 Å².